The SMILES string of the molecule is CCn1cc(C(F)F)c(-c2ccc(C=O)c(F)c2)n1. The van der Waals surface area contributed by atoms with E-state index in [0.29, 0.717) is 12.8 Å². The Morgan fingerprint density at radius 3 is 2.68 bits per heavy atom. The quantitative estimate of drug-likeness (QED) is 0.796. The molecule has 1 heterocycles. The van der Waals surface area contributed by atoms with E-state index in [0.717, 1.165) is 6.07 Å². The highest BCUT2D eigenvalue weighted by Gasteiger charge is 2.19. The van der Waals surface area contributed by atoms with E-state index in [1.165, 1.54) is 23.0 Å². The number of carbonyl (C=O) groups excluding carboxylic acids is 1. The molecule has 0 spiro atoms. The van der Waals surface area contributed by atoms with Crippen LogP contribution in [0.3, 0.4) is 0 Å². The van der Waals surface area contributed by atoms with Gasteiger partial charge in [-0.1, -0.05) is 6.07 Å². The van der Waals surface area contributed by atoms with Crippen LogP contribution in [-0.2, 0) is 6.54 Å². The van der Waals surface area contributed by atoms with Crippen LogP contribution >= 0.6 is 0 Å². The number of aromatic nitrogens is 2. The van der Waals surface area contributed by atoms with Gasteiger partial charge in [0.1, 0.15) is 11.5 Å². The van der Waals surface area contributed by atoms with Gasteiger partial charge in [0.2, 0.25) is 0 Å². The molecule has 2 aromatic rings. The number of carbonyl (C=O) groups is 1. The summed E-state index contributed by atoms with van der Waals surface area (Å²) in [5.74, 6) is -0.751. The molecule has 2 rings (SSSR count). The van der Waals surface area contributed by atoms with Crippen LogP contribution in [0, 0.1) is 5.82 Å². The molecule has 0 unspecified atom stereocenters. The number of hydrogen-bond acceptors (Lipinski definition) is 2. The van der Waals surface area contributed by atoms with Crippen LogP contribution in [0.4, 0.5) is 13.2 Å². The number of halogens is 3. The first-order chi connectivity index (χ1) is 9.06. The first-order valence-corrected chi connectivity index (χ1v) is 5.67. The summed E-state index contributed by atoms with van der Waals surface area (Å²) in [5, 5.41) is 4.00. The molecular formula is C13H11F3N2O. The van der Waals surface area contributed by atoms with Gasteiger partial charge < -0.3 is 0 Å². The fourth-order valence-electron chi connectivity index (χ4n) is 1.75. The van der Waals surface area contributed by atoms with Gasteiger partial charge in [0.05, 0.1) is 11.1 Å². The third kappa shape index (κ3) is 2.52. The number of aryl methyl sites for hydroxylation is 1. The lowest BCUT2D eigenvalue weighted by atomic mass is 10.1. The second kappa shape index (κ2) is 5.26. The van der Waals surface area contributed by atoms with E-state index in [1.54, 1.807) is 6.92 Å². The Balaban J connectivity index is 2.54. The minimum Gasteiger partial charge on any atom is -0.298 e. The van der Waals surface area contributed by atoms with E-state index in [1.807, 2.05) is 0 Å². The van der Waals surface area contributed by atoms with Crippen LogP contribution in [0.2, 0.25) is 0 Å². The Morgan fingerprint density at radius 2 is 2.16 bits per heavy atom. The van der Waals surface area contributed by atoms with Gasteiger partial charge in [0, 0.05) is 18.3 Å². The van der Waals surface area contributed by atoms with Crippen molar-refractivity contribution in [1.82, 2.24) is 9.78 Å². The second-order valence-corrected chi connectivity index (χ2v) is 3.94. The van der Waals surface area contributed by atoms with Crippen LogP contribution in [-0.4, -0.2) is 16.1 Å². The van der Waals surface area contributed by atoms with Gasteiger partial charge in [-0.3, -0.25) is 9.48 Å². The predicted molar refractivity (Wildman–Crippen MR) is 63.6 cm³/mol. The van der Waals surface area contributed by atoms with E-state index < -0.39 is 12.2 Å². The highest BCUT2D eigenvalue weighted by molar-refractivity contribution is 5.77. The smallest absolute Gasteiger partial charge is 0.267 e. The predicted octanol–water partition coefficient (Wildman–Crippen LogP) is 3.46. The summed E-state index contributed by atoms with van der Waals surface area (Å²) < 4.78 is 40.7. The van der Waals surface area contributed by atoms with Crippen molar-refractivity contribution in [3.63, 3.8) is 0 Å². The summed E-state index contributed by atoms with van der Waals surface area (Å²) in [6.45, 7) is 2.21. The zero-order valence-electron chi connectivity index (χ0n) is 10.1. The monoisotopic (exact) mass is 268 g/mol. The second-order valence-electron chi connectivity index (χ2n) is 3.94. The minimum absolute atomic E-state index is 0.0354. The molecule has 0 atom stereocenters. The molecule has 6 heteroatoms. The highest BCUT2D eigenvalue weighted by Crippen LogP contribution is 2.30. The molecule has 0 aliphatic rings. The van der Waals surface area contributed by atoms with Gasteiger partial charge in [-0.05, 0) is 19.1 Å². The lowest BCUT2D eigenvalue weighted by Gasteiger charge is -2.02. The number of aldehydes is 1. The molecule has 0 fully saturated rings. The number of nitrogens with zero attached hydrogens (tertiary/aromatic N) is 2. The average Bonchev–Trinajstić information content (AvgIpc) is 2.83. The zero-order valence-corrected chi connectivity index (χ0v) is 10.1. The number of benzene rings is 1. The van der Waals surface area contributed by atoms with Crippen molar-refractivity contribution < 1.29 is 18.0 Å². The van der Waals surface area contributed by atoms with Crippen molar-refractivity contribution in [1.29, 1.82) is 0 Å². The summed E-state index contributed by atoms with van der Waals surface area (Å²) in [6.07, 6.45) is -1.08. The van der Waals surface area contributed by atoms with Crippen molar-refractivity contribution in [3.05, 3.63) is 41.3 Å². The maximum Gasteiger partial charge on any atom is 0.267 e. The molecule has 0 bridgehead atoms. The van der Waals surface area contributed by atoms with Crippen LogP contribution in [0.1, 0.15) is 29.3 Å². The third-order valence-electron chi connectivity index (χ3n) is 2.75. The van der Waals surface area contributed by atoms with Gasteiger partial charge >= 0.3 is 0 Å². The van der Waals surface area contributed by atoms with Crippen LogP contribution in [0.15, 0.2) is 24.4 Å². The molecule has 0 saturated heterocycles. The highest BCUT2D eigenvalue weighted by atomic mass is 19.3. The van der Waals surface area contributed by atoms with E-state index in [2.05, 4.69) is 5.10 Å². The largest absolute Gasteiger partial charge is 0.298 e. The fraction of sp³-hybridized carbons (Fsp3) is 0.231. The molecule has 0 aliphatic carbocycles. The third-order valence-corrected chi connectivity index (χ3v) is 2.75. The molecule has 0 aliphatic heterocycles. The van der Waals surface area contributed by atoms with Gasteiger partial charge in [0.25, 0.3) is 6.43 Å². The number of hydrogen-bond donors (Lipinski definition) is 0. The summed E-state index contributed by atoms with van der Waals surface area (Å²) in [4.78, 5) is 10.5. The maximum atomic E-state index is 13.5. The lowest BCUT2D eigenvalue weighted by Crippen LogP contribution is -1.94. The van der Waals surface area contributed by atoms with Crippen molar-refractivity contribution >= 4 is 6.29 Å². The molecule has 0 saturated carbocycles. The fourth-order valence-corrected chi connectivity index (χ4v) is 1.75. The molecule has 19 heavy (non-hydrogen) atoms. The van der Waals surface area contributed by atoms with E-state index in [-0.39, 0.29) is 22.4 Å². The van der Waals surface area contributed by atoms with E-state index in [9.17, 15) is 18.0 Å². The molecule has 0 radical (unpaired) electrons. The Morgan fingerprint density at radius 1 is 1.42 bits per heavy atom. The van der Waals surface area contributed by atoms with Crippen molar-refractivity contribution in [3.8, 4) is 11.3 Å². The topological polar surface area (TPSA) is 34.9 Å². The van der Waals surface area contributed by atoms with Crippen LogP contribution in [0.25, 0.3) is 11.3 Å². The number of rotatable bonds is 4. The normalized spacial score (nSPS) is 11.0. The summed E-state index contributed by atoms with van der Waals surface area (Å²) in [5.41, 5.74) is -0.101. The Kier molecular flexibility index (Phi) is 3.69. The summed E-state index contributed by atoms with van der Waals surface area (Å²) in [7, 11) is 0. The Bertz CT molecular complexity index is 608. The summed E-state index contributed by atoms with van der Waals surface area (Å²) in [6, 6.07) is 3.69. The van der Waals surface area contributed by atoms with Gasteiger partial charge in [-0.25, -0.2) is 13.2 Å². The van der Waals surface area contributed by atoms with E-state index in [4.69, 9.17) is 0 Å². The van der Waals surface area contributed by atoms with Crippen LogP contribution in [0.5, 0.6) is 0 Å². The molecular weight excluding hydrogens is 257 g/mol. The molecule has 1 aromatic carbocycles. The molecule has 1 aromatic heterocycles. The molecule has 100 valence electrons. The maximum absolute atomic E-state index is 13.5. The number of alkyl halides is 2. The van der Waals surface area contributed by atoms with Gasteiger partial charge in [-0.2, -0.15) is 5.10 Å². The van der Waals surface area contributed by atoms with E-state index >= 15 is 0 Å². The Hall–Kier alpha value is -2.11. The standard InChI is InChI=1S/C13H11F3N2O/c1-2-18-6-10(13(15)16)12(17-18)8-3-4-9(7-19)11(14)5-8/h3-7,13H,2H2,1H3. The van der Waals surface area contributed by atoms with Gasteiger partial charge in [-0.15, -0.1) is 0 Å². The van der Waals surface area contributed by atoms with Crippen LogP contribution < -0.4 is 0 Å². The van der Waals surface area contributed by atoms with Crippen molar-refractivity contribution in [2.75, 3.05) is 0 Å². The van der Waals surface area contributed by atoms with Gasteiger partial charge in [0.15, 0.2) is 6.29 Å². The average molecular weight is 268 g/mol. The summed E-state index contributed by atoms with van der Waals surface area (Å²) >= 11 is 0. The molecule has 0 N–H and O–H groups in total. The Labute approximate surface area is 107 Å². The zero-order chi connectivity index (χ0) is 14.0. The molecule has 3 nitrogen and oxygen atoms in total. The minimum atomic E-state index is -2.69. The first kappa shape index (κ1) is 13.3. The van der Waals surface area contributed by atoms with Crippen molar-refractivity contribution in [2.45, 2.75) is 19.9 Å². The first-order valence-electron chi connectivity index (χ1n) is 5.67. The molecule has 0 amide bonds. The lowest BCUT2D eigenvalue weighted by molar-refractivity contribution is 0.111. The van der Waals surface area contributed by atoms with Crippen molar-refractivity contribution in [2.24, 2.45) is 0 Å².